The van der Waals surface area contributed by atoms with Crippen molar-refractivity contribution in [3.05, 3.63) is 95.6 Å². The lowest BCUT2D eigenvalue weighted by molar-refractivity contribution is 0.282. The van der Waals surface area contributed by atoms with Crippen LogP contribution in [-0.2, 0) is 6.61 Å². The number of hydrogen-bond acceptors (Lipinski definition) is 1. The van der Waals surface area contributed by atoms with E-state index in [9.17, 15) is 0 Å². The number of hydrogen-bond donors (Lipinski definition) is 1. The molecule has 0 spiro atoms. The molecule has 1 N–H and O–H groups in total. The minimum Gasteiger partial charge on any atom is -0.392 e. The molecule has 0 heterocycles. The first kappa shape index (κ1) is 14.3. The maximum absolute atomic E-state index is 9.04. The lowest BCUT2D eigenvalue weighted by Crippen LogP contribution is -1.81. The van der Waals surface area contributed by atoms with E-state index in [0.29, 0.717) is 0 Å². The van der Waals surface area contributed by atoms with E-state index in [4.69, 9.17) is 5.11 Å². The molecule has 0 amide bonds. The molecule has 22 heavy (non-hydrogen) atoms. The van der Waals surface area contributed by atoms with Gasteiger partial charge in [-0.25, -0.2) is 0 Å². The summed E-state index contributed by atoms with van der Waals surface area (Å²) in [7, 11) is 0. The normalized spacial score (nSPS) is 11.0. The van der Waals surface area contributed by atoms with Crippen LogP contribution in [0.15, 0.2) is 78.9 Å². The Morgan fingerprint density at radius 1 is 0.591 bits per heavy atom. The quantitative estimate of drug-likeness (QED) is 0.668. The van der Waals surface area contributed by atoms with Crippen LogP contribution in [0.5, 0.6) is 0 Å². The molecular weight excluding hydrogens is 268 g/mol. The molecule has 1 nitrogen and oxygen atoms in total. The summed E-state index contributed by atoms with van der Waals surface area (Å²) in [6, 6.07) is 26.8. The van der Waals surface area contributed by atoms with Crippen LogP contribution in [-0.4, -0.2) is 5.11 Å². The van der Waals surface area contributed by atoms with Crippen LogP contribution in [0.1, 0.15) is 16.7 Å². The molecule has 0 atom stereocenters. The molecule has 1 heteroatoms. The van der Waals surface area contributed by atoms with Gasteiger partial charge in [-0.05, 0) is 27.8 Å². The van der Waals surface area contributed by atoms with E-state index in [1.54, 1.807) is 0 Å². The van der Waals surface area contributed by atoms with Crippen LogP contribution >= 0.6 is 0 Å². The van der Waals surface area contributed by atoms with E-state index in [2.05, 4.69) is 60.7 Å². The van der Waals surface area contributed by atoms with Crippen LogP contribution in [0.2, 0.25) is 0 Å². The van der Waals surface area contributed by atoms with Gasteiger partial charge in [-0.15, -0.1) is 0 Å². The summed E-state index contributed by atoms with van der Waals surface area (Å²) < 4.78 is 0. The summed E-state index contributed by atoms with van der Waals surface area (Å²) in [5, 5.41) is 9.04. The topological polar surface area (TPSA) is 20.2 Å². The van der Waals surface area contributed by atoms with Crippen molar-refractivity contribution in [2.75, 3.05) is 0 Å². The Balaban J connectivity index is 1.74. The van der Waals surface area contributed by atoms with Gasteiger partial charge in [0.1, 0.15) is 0 Å². The third-order valence-electron chi connectivity index (χ3n) is 3.65. The number of benzene rings is 3. The van der Waals surface area contributed by atoms with Crippen molar-refractivity contribution in [2.45, 2.75) is 6.61 Å². The fourth-order valence-electron chi connectivity index (χ4n) is 2.34. The van der Waals surface area contributed by atoms with Crippen molar-refractivity contribution < 1.29 is 5.11 Å². The highest BCUT2D eigenvalue weighted by Crippen LogP contribution is 2.20. The van der Waals surface area contributed by atoms with Crippen LogP contribution in [0.25, 0.3) is 23.3 Å². The largest absolute Gasteiger partial charge is 0.392 e. The Kier molecular flexibility index (Phi) is 4.47. The lowest BCUT2D eigenvalue weighted by atomic mass is 10.0. The smallest absolute Gasteiger partial charge is 0.0681 e. The van der Waals surface area contributed by atoms with Crippen LogP contribution in [0, 0.1) is 0 Å². The van der Waals surface area contributed by atoms with E-state index in [1.807, 2.05) is 30.3 Å². The van der Waals surface area contributed by atoms with Gasteiger partial charge in [-0.3, -0.25) is 0 Å². The average molecular weight is 286 g/mol. The van der Waals surface area contributed by atoms with Crippen LogP contribution < -0.4 is 0 Å². The minimum absolute atomic E-state index is 0.0882. The molecule has 3 aromatic rings. The number of aliphatic hydroxyl groups excluding tert-OH is 1. The third kappa shape index (κ3) is 3.51. The zero-order valence-electron chi connectivity index (χ0n) is 12.3. The predicted octanol–water partition coefficient (Wildman–Crippen LogP) is 5.02. The van der Waals surface area contributed by atoms with Crippen LogP contribution in [0.4, 0.5) is 0 Å². The van der Waals surface area contributed by atoms with Crippen molar-refractivity contribution >= 4 is 12.2 Å². The highest BCUT2D eigenvalue weighted by atomic mass is 16.3. The molecule has 3 aromatic carbocycles. The van der Waals surface area contributed by atoms with Gasteiger partial charge in [0.2, 0.25) is 0 Å². The molecule has 0 saturated heterocycles. The van der Waals surface area contributed by atoms with E-state index in [1.165, 1.54) is 16.7 Å². The maximum Gasteiger partial charge on any atom is 0.0681 e. The Morgan fingerprint density at radius 2 is 1.09 bits per heavy atom. The van der Waals surface area contributed by atoms with Crippen LogP contribution in [0.3, 0.4) is 0 Å². The first-order valence-electron chi connectivity index (χ1n) is 7.38. The molecule has 0 aliphatic heterocycles. The molecular formula is C21H18O. The molecule has 3 rings (SSSR count). The molecule has 0 bridgehead atoms. The van der Waals surface area contributed by atoms with Gasteiger partial charge in [0.05, 0.1) is 6.61 Å². The van der Waals surface area contributed by atoms with Gasteiger partial charge in [-0.2, -0.15) is 0 Å². The van der Waals surface area contributed by atoms with Gasteiger partial charge in [0, 0.05) is 0 Å². The van der Waals surface area contributed by atoms with Gasteiger partial charge in [0.25, 0.3) is 0 Å². The molecule has 108 valence electrons. The minimum atomic E-state index is 0.0882. The maximum atomic E-state index is 9.04. The second kappa shape index (κ2) is 6.88. The van der Waals surface area contributed by atoms with E-state index >= 15 is 0 Å². The van der Waals surface area contributed by atoms with E-state index in [0.717, 1.165) is 11.1 Å². The highest BCUT2D eigenvalue weighted by Gasteiger charge is 1.96. The summed E-state index contributed by atoms with van der Waals surface area (Å²) in [6.45, 7) is 0.0882. The average Bonchev–Trinajstić information content (AvgIpc) is 2.61. The van der Waals surface area contributed by atoms with Gasteiger partial charge in [0.15, 0.2) is 0 Å². The third-order valence-corrected chi connectivity index (χ3v) is 3.65. The fourth-order valence-corrected chi connectivity index (χ4v) is 2.34. The summed E-state index contributed by atoms with van der Waals surface area (Å²) in [6.07, 6.45) is 4.18. The standard InChI is InChI=1S/C21H18O/c22-16-19-10-8-17(9-11-19)6-7-18-12-14-21(15-13-18)20-4-2-1-3-5-20/h1-15,22H,16H2/b7-6+. The summed E-state index contributed by atoms with van der Waals surface area (Å²) in [5.41, 5.74) is 5.70. The molecule has 0 aromatic heterocycles. The second-order valence-electron chi connectivity index (χ2n) is 5.22. The number of rotatable bonds is 4. The monoisotopic (exact) mass is 286 g/mol. The first-order valence-corrected chi connectivity index (χ1v) is 7.38. The Labute approximate surface area is 131 Å². The Hall–Kier alpha value is -2.64. The van der Waals surface area contributed by atoms with Crippen molar-refractivity contribution in [3.8, 4) is 11.1 Å². The van der Waals surface area contributed by atoms with E-state index < -0.39 is 0 Å². The molecule has 0 aliphatic carbocycles. The molecule has 0 saturated carbocycles. The van der Waals surface area contributed by atoms with Gasteiger partial charge >= 0.3 is 0 Å². The summed E-state index contributed by atoms with van der Waals surface area (Å²) >= 11 is 0. The van der Waals surface area contributed by atoms with E-state index in [-0.39, 0.29) is 6.61 Å². The molecule has 0 unspecified atom stereocenters. The fraction of sp³-hybridized carbons (Fsp3) is 0.0476. The first-order chi connectivity index (χ1) is 10.8. The molecule has 0 fully saturated rings. The summed E-state index contributed by atoms with van der Waals surface area (Å²) in [5.74, 6) is 0. The summed E-state index contributed by atoms with van der Waals surface area (Å²) in [4.78, 5) is 0. The zero-order chi connectivity index (χ0) is 15.2. The SMILES string of the molecule is OCc1ccc(/C=C/c2ccc(-c3ccccc3)cc2)cc1. The van der Waals surface area contributed by atoms with Crippen molar-refractivity contribution in [1.29, 1.82) is 0 Å². The lowest BCUT2D eigenvalue weighted by Gasteiger charge is -2.02. The second-order valence-corrected chi connectivity index (χ2v) is 5.22. The predicted molar refractivity (Wildman–Crippen MR) is 93.2 cm³/mol. The van der Waals surface area contributed by atoms with Gasteiger partial charge < -0.3 is 5.11 Å². The molecule has 0 radical (unpaired) electrons. The number of aliphatic hydroxyl groups is 1. The van der Waals surface area contributed by atoms with Gasteiger partial charge in [-0.1, -0.05) is 91.0 Å². The Bertz CT molecular complexity index is 738. The molecule has 0 aliphatic rings. The van der Waals surface area contributed by atoms with Crippen molar-refractivity contribution in [3.63, 3.8) is 0 Å². The highest BCUT2D eigenvalue weighted by molar-refractivity contribution is 5.72. The van der Waals surface area contributed by atoms with Crippen molar-refractivity contribution in [1.82, 2.24) is 0 Å². The Morgan fingerprint density at radius 3 is 1.64 bits per heavy atom. The zero-order valence-corrected chi connectivity index (χ0v) is 12.3. The van der Waals surface area contributed by atoms with Crippen molar-refractivity contribution in [2.24, 2.45) is 0 Å².